The molecule has 0 spiro atoms. The van der Waals surface area contributed by atoms with Crippen molar-refractivity contribution in [1.82, 2.24) is 0 Å². The molecule has 0 saturated carbocycles. The summed E-state index contributed by atoms with van der Waals surface area (Å²) in [5.41, 5.74) is 0.571. The van der Waals surface area contributed by atoms with Gasteiger partial charge in [-0.1, -0.05) is 23.7 Å². The zero-order valence-corrected chi connectivity index (χ0v) is 9.65. The molecule has 0 amide bonds. The van der Waals surface area contributed by atoms with E-state index in [1.165, 1.54) is 18.2 Å². The van der Waals surface area contributed by atoms with Crippen molar-refractivity contribution < 1.29 is 22.6 Å². The molecule has 0 aliphatic rings. The molecule has 0 N–H and O–H groups in total. The summed E-state index contributed by atoms with van der Waals surface area (Å²) in [4.78, 5) is 0. The molecule has 0 saturated heterocycles. The fourth-order valence-electron chi connectivity index (χ4n) is 1.41. The van der Waals surface area contributed by atoms with Gasteiger partial charge < -0.3 is 9.47 Å². The van der Waals surface area contributed by atoms with Crippen molar-refractivity contribution in [2.75, 3.05) is 0 Å². The Morgan fingerprint density at radius 3 is 2.11 bits per heavy atom. The average Bonchev–Trinajstić information content (AvgIpc) is 2.30. The van der Waals surface area contributed by atoms with Crippen LogP contribution in [0, 0.1) is 0 Å². The van der Waals surface area contributed by atoms with Crippen LogP contribution in [-0.4, -0.2) is 14.2 Å². The van der Waals surface area contributed by atoms with Crippen LogP contribution in [0.5, 0.6) is 17.2 Å². The standard InChI is InChI=1S/C13H8BF3O2/c14-9-4-6-10(7-5-9)18-11-2-1-3-12(8-11)19-13(15,16)17/h1-8H. The first kappa shape index (κ1) is 13.3. The molecule has 0 aliphatic heterocycles. The summed E-state index contributed by atoms with van der Waals surface area (Å²) < 4.78 is 45.4. The molecule has 2 aromatic carbocycles. The summed E-state index contributed by atoms with van der Waals surface area (Å²) >= 11 is 0. The number of ether oxygens (including phenoxy) is 2. The van der Waals surface area contributed by atoms with E-state index in [1.807, 2.05) is 0 Å². The molecule has 2 radical (unpaired) electrons. The normalized spacial score (nSPS) is 11.1. The van der Waals surface area contributed by atoms with Gasteiger partial charge in [-0.3, -0.25) is 0 Å². The third kappa shape index (κ3) is 4.24. The minimum atomic E-state index is -4.72. The summed E-state index contributed by atoms with van der Waals surface area (Å²) in [6, 6.07) is 11.8. The van der Waals surface area contributed by atoms with E-state index < -0.39 is 6.36 Å². The number of hydrogen-bond donors (Lipinski definition) is 0. The number of halogens is 3. The molecule has 0 aromatic heterocycles. The third-order valence-electron chi connectivity index (χ3n) is 2.15. The van der Waals surface area contributed by atoms with Gasteiger partial charge in [-0.2, -0.15) is 0 Å². The molecule has 0 bridgehead atoms. The van der Waals surface area contributed by atoms with Crippen LogP contribution in [0.15, 0.2) is 48.5 Å². The Morgan fingerprint density at radius 2 is 1.47 bits per heavy atom. The molecule has 0 fully saturated rings. The molecule has 96 valence electrons. The van der Waals surface area contributed by atoms with Crippen molar-refractivity contribution in [3.8, 4) is 17.2 Å². The molecule has 6 heteroatoms. The second-order valence-electron chi connectivity index (χ2n) is 3.69. The second-order valence-corrected chi connectivity index (χ2v) is 3.69. The first-order valence-corrected chi connectivity index (χ1v) is 5.31. The van der Waals surface area contributed by atoms with E-state index in [1.54, 1.807) is 24.3 Å². The smallest absolute Gasteiger partial charge is 0.457 e. The predicted molar refractivity (Wildman–Crippen MR) is 65.0 cm³/mol. The van der Waals surface area contributed by atoms with Crippen molar-refractivity contribution in [2.45, 2.75) is 6.36 Å². The van der Waals surface area contributed by atoms with E-state index in [9.17, 15) is 13.2 Å². The third-order valence-corrected chi connectivity index (χ3v) is 2.15. The minimum absolute atomic E-state index is 0.242. The summed E-state index contributed by atoms with van der Waals surface area (Å²) in [5, 5.41) is 0. The van der Waals surface area contributed by atoms with Crippen LogP contribution in [0.2, 0.25) is 0 Å². The van der Waals surface area contributed by atoms with Gasteiger partial charge in [0.2, 0.25) is 0 Å². The van der Waals surface area contributed by atoms with E-state index >= 15 is 0 Å². The quantitative estimate of drug-likeness (QED) is 0.792. The molecule has 2 aromatic rings. The van der Waals surface area contributed by atoms with Gasteiger partial charge in [0.15, 0.2) is 0 Å². The Kier molecular flexibility index (Phi) is 3.69. The lowest BCUT2D eigenvalue weighted by Crippen LogP contribution is -2.17. The van der Waals surface area contributed by atoms with Gasteiger partial charge in [-0.05, 0) is 24.3 Å². The Labute approximate surface area is 109 Å². The van der Waals surface area contributed by atoms with Gasteiger partial charge in [-0.15, -0.1) is 13.2 Å². The second kappa shape index (κ2) is 5.26. The lowest BCUT2D eigenvalue weighted by Gasteiger charge is -2.10. The Morgan fingerprint density at radius 1 is 0.842 bits per heavy atom. The van der Waals surface area contributed by atoms with Gasteiger partial charge in [0.25, 0.3) is 0 Å². The average molecular weight is 264 g/mol. The Balaban J connectivity index is 2.13. The molecule has 19 heavy (non-hydrogen) atoms. The molecule has 2 rings (SSSR count). The van der Waals surface area contributed by atoms with E-state index in [0.717, 1.165) is 6.07 Å². The van der Waals surface area contributed by atoms with Crippen LogP contribution < -0.4 is 14.9 Å². The number of hydrogen-bond acceptors (Lipinski definition) is 2. The van der Waals surface area contributed by atoms with Crippen molar-refractivity contribution in [3.05, 3.63) is 48.5 Å². The molecule has 0 atom stereocenters. The molecular weight excluding hydrogens is 256 g/mol. The van der Waals surface area contributed by atoms with Crippen molar-refractivity contribution in [3.63, 3.8) is 0 Å². The summed E-state index contributed by atoms with van der Waals surface area (Å²) in [7, 11) is 5.51. The molecular formula is C13H8BF3O2. The molecule has 2 nitrogen and oxygen atoms in total. The number of rotatable bonds is 3. The zero-order valence-electron chi connectivity index (χ0n) is 9.65. The lowest BCUT2D eigenvalue weighted by molar-refractivity contribution is -0.274. The highest BCUT2D eigenvalue weighted by molar-refractivity contribution is 6.32. The highest BCUT2D eigenvalue weighted by atomic mass is 19.4. The fourth-order valence-corrected chi connectivity index (χ4v) is 1.41. The van der Waals surface area contributed by atoms with Gasteiger partial charge >= 0.3 is 6.36 Å². The topological polar surface area (TPSA) is 18.5 Å². The minimum Gasteiger partial charge on any atom is -0.457 e. The maximum atomic E-state index is 12.1. The summed E-state index contributed by atoms with van der Waals surface area (Å²) in [5.74, 6) is 0.380. The first-order valence-electron chi connectivity index (χ1n) is 5.31. The van der Waals surface area contributed by atoms with Crippen LogP contribution in [0.4, 0.5) is 13.2 Å². The molecule has 0 heterocycles. The number of benzene rings is 2. The monoisotopic (exact) mass is 264 g/mol. The van der Waals surface area contributed by atoms with Crippen LogP contribution in [0.25, 0.3) is 0 Å². The lowest BCUT2D eigenvalue weighted by atomic mass is 9.97. The Bertz CT molecular complexity index is 553. The first-order chi connectivity index (χ1) is 8.92. The van der Waals surface area contributed by atoms with E-state index in [-0.39, 0.29) is 11.5 Å². The highest BCUT2D eigenvalue weighted by Gasteiger charge is 2.31. The van der Waals surface area contributed by atoms with Gasteiger partial charge in [0.05, 0.1) is 0 Å². The summed E-state index contributed by atoms with van der Waals surface area (Å²) in [6.07, 6.45) is -4.72. The predicted octanol–water partition coefficient (Wildman–Crippen LogP) is 3.17. The number of alkyl halides is 3. The van der Waals surface area contributed by atoms with Crippen LogP contribution in [0.3, 0.4) is 0 Å². The SMILES string of the molecule is [B]c1ccc(Oc2cccc(OC(F)(F)F)c2)cc1. The Hall–Kier alpha value is -2.11. The highest BCUT2D eigenvalue weighted by Crippen LogP contribution is 2.28. The maximum Gasteiger partial charge on any atom is 0.573 e. The maximum absolute atomic E-state index is 12.1. The van der Waals surface area contributed by atoms with Crippen molar-refractivity contribution in [2.24, 2.45) is 0 Å². The van der Waals surface area contributed by atoms with Crippen LogP contribution in [-0.2, 0) is 0 Å². The van der Waals surface area contributed by atoms with Gasteiger partial charge in [0.1, 0.15) is 25.1 Å². The van der Waals surface area contributed by atoms with E-state index in [4.69, 9.17) is 12.6 Å². The molecule has 0 aliphatic carbocycles. The molecule has 0 unspecified atom stereocenters. The largest absolute Gasteiger partial charge is 0.573 e. The zero-order chi connectivity index (χ0) is 13.9. The van der Waals surface area contributed by atoms with Gasteiger partial charge in [-0.25, -0.2) is 0 Å². The van der Waals surface area contributed by atoms with Crippen molar-refractivity contribution >= 4 is 13.3 Å². The fraction of sp³-hybridized carbons (Fsp3) is 0.0769. The van der Waals surface area contributed by atoms with Crippen LogP contribution in [0.1, 0.15) is 0 Å². The van der Waals surface area contributed by atoms with Crippen molar-refractivity contribution in [1.29, 1.82) is 0 Å². The van der Waals surface area contributed by atoms with Gasteiger partial charge in [0, 0.05) is 6.07 Å². The van der Waals surface area contributed by atoms with E-state index in [2.05, 4.69) is 4.74 Å². The van der Waals surface area contributed by atoms with E-state index in [0.29, 0.717) is 11.2 Å². The summed E-state index contributed by atoms with van der Waals surface area (Å²) in [6.45, 7) is 0. The van der Waals surface area contributed by atoms with Crippen LogP contribution >= 0.6 is 0 Å².